The van der Waals surface area contributed by atoms with Gasteiger partial charge in [-0.25, -0.2) is 0 Å². The monoisotopic (exact) mass is 253 g/mol. The molecule has 0 aromatic heterocycles. The van der Waals surface area contributed by atoms with Crippen LogP contribution in [0.2, 0.25) is 0 Å². The fourth-order valence-electron chi connectivity index (χ4n) is 0.642. The molecule has 0 heterocycles. The van der Waals surface area contributed by atoms with Gasteiger partial charge in [-0.3, -0.25) is 0 Å². The molecule has 0 fully saturated rings. The molecule has 0 aliphatic heterocycles. The van der Waals surface area contributed by atoms with E-state index in [4.69, 9.17) is 5.53 Å². The second-order valence-electron chi connectivity index (χ2n) is 2.15. The molecular weight excluding hydrogens is 241 g/mol. The Labute approximate surface area is 75.0 Å². The summed E-state index contributed by atoms with van der Waals surface area (Å²) < 4.78 is 0.522. The van der Waals surface area contributed by atoms with E-state index in [1.165, 1.54) is 12.8 Å². The van der Waals surface area contributed by atoms with Gasteiger partial charge in [0.1, 0.15) is 0 Å². The van der Waals surface area contributed by atoms with E-state index in [1.807, 2.05) is 0 Å². The summed E-state index contributed by atoms with van der Waals surface area (Å²) in [5.74, 6) is 0. The van der Waals surface area contributed by atoms with Crippen molar-refractivity contribution in [3.05, 3.63) is 10.4 Å². The Morgan fingerprint density at radius 3 is 2.90 bits per heavy atom. The molecule has 0 rings (SSSR count). The van der Waals surface area contributed by atoms with Crippen LogP contribution in [0.25, 0.3) is 10.4 Å². The lowest BCUT2D eigenvalue weighted by atomic mass is 10.2. The van der Waals surface area contributed by atoms with Crippen LogP contribution in [0.5, 0.6) is 0 Å². The van der Waals surface area contributed by atoms with Crippen LogP contribution in [-0.2, 0) is 0 Å². The van der Waals surface area contributed by atoms with Crippen LogP contribution in [-0.4, -0.2) is 10.5 Å². The van der Waals surface area contributed by atoms with E-state index in [2.05, 4.69) is 39.5 Å². The summed E-state index contributed by atoms with van der Waals surface area (Å²) in [7, 11) is 0. The lowest BCUT2D eigenvalue weighted by Gasteiger charge is -2.02. The maximum absolute atomic E-state index is 8.00. The highest BCUT2D eigenvalue weighted by molar-refractivity contribution is 14.1. The Hall–Kier alpha value is 0.0400. The number of unbranched alkanes of at least 4 members (excludes halogenated alkanes) is 1. The highest BCUT2D eigenvalue weighted by Crippen LogP contribution is 2.10. The second-order valence-corrected chi connectivity index (χ2v) is 3.91. The maximum Gasteiger partial charge on any atom is 0.0376 e. The van der Waals surface area contributed by atoms with Gasteiger partial charge in [-0.1, -0.05) is 47.5 Å². The summed E-state index contributed by atoms with van der Waals surface area (Å²) >= 11 is 2.32. The molecular formula is C6H12IN3. The van der Waals surface area contributed by atoms with Crippen LogP contribution in [0.1, 0.15) is 26.2 Å². The molecule has 0 aromatic carbocycles. The number of rotatable bonds is 5. The van der Waals surface area contributed by atoms with Crippen molar-refractivity contribution < 1.29 is 0 Å². The van der Waals surface area contributed by atoms with Crippen LogP contribution in [0, 0.1) is 0 Å². The molecule has 0 saturated heterocycles. The third kappa shape index (κ3) is 6.16. The van der Waals surface area contributed by atoms with E-state index in [0.717, 1.165) is 6.42 Å². The molecule has 0 spiro atoms. The summed E-state index contributed by atoms with van der Waals surface area (Å²) in [6.45, 7) is 2.80. The highest BCUT2D eigenvalue weighted by Gasteiger charge is 1.99. The van der Waals surface area contributed by atoms with E-state index in [0.29, 0.717) is 10.5 Å². The van der Waals surface area contributed by atoms with Gasteiger partial charge in [0.2, 0.25) is 0 Å². The van der Waals surface area contributed by atoms with Gasteiger partial charge < -0.3 is 0 Å². The Morgan fingerprint density at radius 1 is 1.70 bits per heavy atom. The second kappa shape index (κ2) is 7.15. The predicted octanol–water partition coefficient (Wildman–Crippen LogP) is 3.29. The summed E-state index contributed by atoms with van der Waals surface area (Å²) in [4.78, 5) is 2.70. The van der Waals surface area contributed by atoms with E-state index < -0.39 is 0 Å². The summed E-state index contributed by atoms with van der Waals surface area (Å²) in [5, 5.41) is 3.50. The number of nitrogens with zero attached hydrogens (tertiary/aromatic N) is 3. The average Bonchev–Trinajstić information content (AvgIpc) is 1.97. The molecule has 4 heteroatoms. The Bertz CT molecular complexity index is 120. The molecule has 0 radical (unpaired) electrons. The molecule has 0 saturated carbocycles. The zero-order valence-corrected chi connectivity index (χ0v) is 8.28. The van der Waals surface area contributed by atoms with Gasteiger partial charge >= 0.3 is 0 Å². The first-order valence-corrected chi connectivity index (χ1v) is 4.70. The number of hydrogen-bond donors (Lipinski definition) is 0. The van der Waals surface area contributed by atoms with Crippen molar-refractivity contribution in [1.82, 2.24) is 0 Å². The lowest BCUT2D eigenvalue weighted by Crippen LogP contribution is -2.00. The minimum Gasteiger partial charge on any atom is -0.0929 e. The molecule has 0 bridgehead atoms. The zero-order chi connectivity index (χ0) is 7.82. The third-order valence-corrected chi connectivity index (χ3v) is 2.23. The minimum atomic E-state index is 0.522. The van der Waals surface area contributed by atoms with Crippen molar-refractivity contribution in [3.8, 4) is 0 Å². The topological polar surface area (TPSA) is 48.8 Å². The number of halogens is 1. The van der Waals surface area contributed by atoms with E-state index in [-0.39, 0.29) is 0 Å². The molecule has 0 amide bonds. The molecule has 1 atom stereocenters. The molecule has 3 nitrogen and oxygen atoms in total. The largest absolute Gasteiger partial charge is 0.0929 e. The number of azide groups is 1. The van der Waals surface area contributed by atoms with Gasteiger partial charge in [0, 0.05) is 15.4 Å². The van der Waals surface area contributed by atoms with Gasteiger partial charge in [0.15, 0.2) is 0 Å². The van der Waals surface area contributed by atoms with Gasteiger partial charge in [0.05, 0.1) is 0 Å². The molecule has 58 valence electrons. The Morgan fingerprint density at radius 2 is 2.40 bits per heavy atom. The predicted molar refractivity (Wildman–Crippen MR) is 51.3 cm³/mol. The van der Waals surface area contributed by atoms with E-state index >= 15 is 0 Å². The van der Waals surface area contributed by atoms with Crippen LogP contribution in [0.3, 0.4) is 0 Å². The molecule has 0 aromatic rings. The van der Waals surface area contributed by atoms with Crippen molar-refractivity contribution in [2.24, 2.45) is 5.11 Å². The van der Waals surface area contributed by atoms with Gasteiger partial charge in [-0.2, -0.15) is 0 Å². The van der Waals surface area contributed by atoms with Crippen LogP contribution >= 0.6 is 22.6 Å². The maximum atomic E-state index is 8.00. The normalized spacial score (nSPS) is 12.2. The first-order valence-electron chi connectivity index (χ1n) is 3.46. The summed E-state index contributed by atoms with van der Waals surface area (Å²) in [6, 6.07) is 0. The summed E-state index contributed by atoms with van der Waals surface area (Å²) in [6.07, 6.45) is 3.61. The Balaban J connectivity index is 3.24. The Kier molecular flexibility index (Phi) is 7.18. The first-order chi connectivity index (χ1) is 4.81. The number of hydrogen-bond acceptors (Lipinski definition) is 1. The molecule has 0 aliphatic carbocycles. The first kappa shape index (κ1) is 10.0. The number of alkyl halides is 1. The minimum absolute atomic E-state index is 0.522. The van der Waals surface area contributed by atoms with E-state index in [9.17, 15) is 0 Å². The molecule has 0 aliphatic rings. The third-order valence-electron chi connectivity index (χ3n) is 1.21. The van der Waals surface area contributed by atoms with Crippen LogP contribution in [0.4, 0.5) is 0 Å². The molecule has 10 heavy (non-hydrogen) atoms. The van der Waals surface area contributed by atoms with Crippen molar-refractivity contribution in [1.29, 1.82) is 0 Å². The zero-order valence-electron chi connectivity index (χ0n) is 6.13. The quantitative estimate of drug-likeness (QED) is 0.237. The fourth-order valence-corrected chi connectivity index (χ4v) is 1.26. The molecule has 0 N–H and O–H groups in total. The van der Waals surface area contributed by atoms with Gasteiger partial charge in [-0.05, 0) is 12.0 Å². The van der Waals surface area contributed by atoms with Crippen molar-refractivity contribution in [2.45, 2.75) is 30.1 Å². The van der Waals surface area contributed by atoms with Crippen LogP contribution < -0.4 is 0 Å². The highest BCUT2D eigenvalue weighted by atomic mass is 127. The van der Waals surface area contributed by atoms with Gasteiger partial charge in [-0.15, -0.1) is 0 Å². The summed E-state index contributed by atoms with van der Waals surface area (Å²) in [5.41, 5.74) is 8.00. The standard InChI is InChI=1S/C6H12IN3/c1-2-3-4-6(7)5-9-10-8/h6H,2-5H2,1H3/t6-/m1/s1. The molecule has 0 unspecified atom stereocenters. The van der Waals surface area contributed by atoms with E-state index in [1.54, 1.807) is 0 Å². The van der Waals surface area contributed by atoms with Crippen molar-refractivity contribution in [3.63, 3.8) is 0 Å². The lowest BCUT2D eigenvalue weighted by molar-refractivity contribution is 0.701. The fraction of sp³-hybridized carbons (Fsp3) is 1.00. The smallest absolute Gasteiger partial charge is 0.0376 e. The SMILES string of the molecule is CCCC[C@@H](I)CN=[N+]=[N-]. The van der Waals surface area contributed by atoms with Crippen LogP contribution in [0.15, 0.2) is 5.11 Å². The van der Waals surface area contributed by atoms with Gasteiger partial charge in [0.25, 0.3) is 0 Å². The van der Waals surface area contributed by atoms with Crippen molar-refractivity contribution in [2.75, 3.05) is 6.54 Å². The average molecular weight is 253 g/mol. The van der Waals surface area contributed by atoms with Crippen molar-refractivity contribution >= 4 is 22.6 Å².